The molecular formula is C18H11Cl2F4N3O. The lowest BCUT2D eigenvalue weighted by molar-refractivity contribution is -0.140. The monoisotopic (exact) mass is 431 g/mol. The van der Waals surface area contributed by atoms with Crippen molar-refractivity contribution in [3.8, 4) is 11.1 Å². The molecule has 0 fully saturated rings. The Balaban J connectivity index is 2.26. The molecular weight excluding hydrogens is 421 g/mol. The van der Waals surface area contributed by atoms with E-state index in [-0.39, 0.29) is 27.7 Å². The van der Waals surface area contributed by atoms with E-state index >= 15 is 0 Å². The van der Waals surface area contributed by atoms with Gasteiger partial charge in [0.25, 0.3) is 0 Å². The van der Waals surface area contributed by atoms with Crippen molar-refractivity contribution in [1.29, 1.82) is 0 Å². The van der Waals surface area contributed by atoms with Gasteiger partial charge in [-0.2, -0.15) is 18.3 Å². The number of para-hydroxylation sites is 1. The van der Waals surface area contributed by atoms with Crippen molar-refractivity contribution < 1.29 is 22.4 Å². The SMILES string of the molecule is Cn1cc(N(C=O)c2c(F)cccc2-c2ccc(Cl)c(Cl)c2)c(C(F)(F)F)n1. The number of benzene rings is 2. The van der Waals surface area contributed by atoms with Crippen LogP contribution < -0.4 is 4.90 Å². The van der Waals surface area contributed by atoms with Crippen LogP contribution in [0.3, 0.4) is 0 Å². The fourth-order valence-electron chi connectivity index (χ4n) is 2.74. The molecule has 0 saturated carbocycles. The molecule has 0 radical (unpaired) electrons. The maximum atomic E-state index is 14.7. The highest BCUT2D eigenvalue weighted by Crippen LogP contribution is 2.42. The highest BCUT2D eigenvalue weighted by atomic mass is 35.5. The summed E-state index contributed by atoms with van der Waals surface area (Å²) in [6.45, 7) is 0. The summed E-state index contributed by atoms with van der Waals surface area (Å²) in [4.78, 5) is 12.3. The summed E-state index contributed by atoms with van der Waals surface area (Å²) >= 11 is 11.9. The molecule has 3 aromatic rings. The zero-order valence-electron chi connectivity index (χ0n) is 14.1. The van der Waals surface area contributed by atoms with Gasteiger partial charge in [-0.25, -0.2) is 4.39 Å². The fraction of sp³-hybridized carbons (Fsp3) is 0.111. The number of anilines is 2. The van der Waals surface area contributed by atoms with Crippen LogP contribution in [0, 0.1) is 5.82 Å². The minimum absolute atomic E-state index is 0.103. The van der Waals surface area contributed by atoms with E-state index in [1.807, 2.05) is 0 Å². The molecule has 4 nitrogen and oxygen atoms in total. The van der Waals surface area contributed by atoms with E-state index in [0.717, 1.165) is 16.9 Å². The molecule has 1 amide bonds. The van der Waals surface area contributed by atoms with Crippen LogP contribution in [0.15, 0.2) is 42.6 Å². The predicted octanol–water partition coefficient (Wildman–Crippen LogP) is 5.85. The number of alkyl halides is 3. The van der Waals surface area contributed by atoms with Gasteiger partial charge in [-0.3, -0.25) is 14.4 Å². The van der Waals surface area contributed by atoms with Crippen LogP contribution in [0.4, 0.5) is 28.9 Å². The lowest BCUT2D eigenvalue weighted by Gasteiger charge is -2.22. The number of rotatable bonds is 4. The maximum Gasteiger partial charge on any atom is 0.437 e. The summed E-state index contributed by atoms with van der Waals surface area (Å²) in [5.41, 5.74) is -1.76. The molecule has 0 saturated heterocycles. The van der Waals surface area contributed by atoms with E-state index in [2.05, 4.69) is 5.10 Å². The molecule has 0 aliphatic rings. The maximum absolute atomic E-state index is 14.7. The van der Waals surface area contributed by atoms with Crippen molar-refractivity contribution in [2.45, 2.75) is 6.18 Å². The Hall–Kier alpha value is -2.58. The van der Waals surface area contributed by atoms with Gasteiger partial charge in [-0.15, -0.1) is 0 Å². The summed E-state index contributed by atoms with van der Waals surface area (Å²) in [7, 11) is 1.27. The van der Waals surface area contributed by atoms with E-state index in [1.165, 1.54) is 37.4 Å². The third kappa shape index (κ3) is 3.70. The molecule has 0 aliphatic carbocycles. The van der Waals surface area contributed by atoms with E-state index in [1.54, 1.807) is 0 Å². The Labute approximate surface area is 166 Å². The van der Waals surface area contributed by atoms with Gasteiger partial charge in [0.05, 0.1) is 21.4 Å². The Bertz CT molecular complexity index is 1050. The number of halogens is 6. The lowest BCUT2D eigenvalue weighted by Crippen LogP contribution is -2.20. The summed E-state index contributed by atoms with van der Waals surface area (Å²) < 4.78 is 55.7. The number of aromatic nitrogens is 2. The van der Waals surface area contributed by atoms with Crippen molar-refractivity contribution >= 4 is 41.0 Å². The van der Waals surface area contributed by atoms with Gasteiger partial charge in [-0.05, 0) is 23.8 Å². The van der Waals surface area contributed by atoms with Crippen LogP contribution in [0.5, 0.6) is 0 Å². The fourth-order valence-corrected chi connectivity index (χ4v) is 3.04. The van der Waals surface area contributed by atoms with Crippen molar-refractivity contribution in [2.75, 3.05) is 4.90 Å². The number of hydrogen-bond donors (Lipinski definition) is 0. The van der Waals surface area contributed by atoms with Gasteiger partial charge < -0.3 is 0 Å². The first-order valence-electron chi connectivity index (χ1n) is 7.72. The first-order valence-corrected chi connectivity index (χ1v) is 8.48. The molecule has 2 aromatic carbocycles. The minimum atomic E-state index is -4.84. The van der Waals surface area contributed by atoms with Crippen LogP contribution >= 0.6 is 23.2 Å². The molecule has 0 spiro atoms. The molecule has 10 heteroatoms. The van der Waals surface area contributed by atoms with Crippen molar-refractivity contribution in [1.82, 2.24) is 9.78 Å². The topological polar surface area (TPSA) is 38.1 Å². The number of hydrogen-bond acceptors (Lipinski definition) is 2. The largest absolute Gasteiger partial charge is 0.437 e. The van der Waals surface area contributed by atoms with Gasteiger partial charge in [-0.1, -0.05) is 41.4 Å². The third-order valence-corrected chi connectivity index (χ3v) is 4.64. The first-order chi connectivity index (χ1) is 13.1. The van der Waals surface area contributed by atoms with Crippen molar-refractivity contribution in [2.24, 2.45) is 7.05 Å². The zero-order valence-corrected chi connectivity index (χ0v) is 15.6. The molecule has 0 unspecified atom stereocenters. The first kappa shape index (κ1) is 20.2. The average molecular weight is 432 g/mol. The van der Waals surface area contributed by atoms with E-state index in [4.69, 9.17) is 23.2 Å². The third-order valence-electron chi connectivity index (χ3n) is 3.90. The molecule has 0 atom stereocenters. The van der Waals surface area contributed by atoms with Gasteiger partial charge in [0, 0.05) is 18.8 Å². The Morgan fingerprint density at radius 3 is 2.46 bits per heavy atom. The number of carbonyl (C=O) groups is 1. The van der Waals surface area contributed by atoms with Crippen LogP contribution in [0.25, 0.3) is 11.1 Å². The summed E-state index contributed by atoms with van der Waals surface area (Å²) in [5.74, 6) is -0.896. The second-order valence-corrected chi connectivity index (χ2v) is 6.59. The Kier molecular flexibility index (Phi) is 5.36. The van der Waals surface area contributed by atoms with Crippen LogP contribution in [-0.4, -0.2) is 16.2 Å². The standard InChI is InChI=1S/C18H11Cl2F4N3O/c1-26-8-15(17(25-26)18(22,23)24)27(9-28)16-11(3-2-4-14(16)21)10-5-6-12(19)13(20)7-10/h2-9H,1H3. The smallest absolute Gasteiger partial charge is 0.278 e. The van der Waals surface area contributed by atoms with Crippen LogP contribution in [0.1, 0.15) is 5.69 Å². The minimum Gasteiger partial charge on any atom is -0.278 e. The summed E-state index contributed by atoms with van der Waals surface area (Å²) in [5, 5.41) is 3.79. The Morgan fingerprint density at radius 2 is 1.86 bits per heavy atom. The van der Waals surface area contributed by atoms with E-state index in [0.29, 0.717) is 10.5 Å². The van der Waals surface area contributed by atoms with Gasteiger partial charge in [0.2, 0.25) is 6.41 Å². The molecule has 146 valence electrons. The quantitative estimate of drug-likeness (QED) is 0.384. The van der Waals surface area contributed by atoms with Crippen LogP contribution in [-0.2, 0) is 18.0 Å². The van der Waals surface area contributed by atoms with Crippen molar-refractivity contribution in [3.63, 3.8) is 0 Å². The van der Waals surface area contributed by atoms with E-state index < -0.39 is 23.4 Å². The zero-order chi connectivity index (χ0) is 20.6. The second-order valence-electron chi connectivity index (χ2n) is 5.77. The number of nitrogens with zero attached hydrogens (tertiary/aromatic N) is 3. The van der Waals surface area contributed by atoms with Crippen molar-refractivity contribution in [3.05, 3.63) is 64.2 Å². The molecule has 0 N–H and O–H groups in total. The molecule has 0 bridgehead atoms. The number of amides is 1. The average Bonchev–Trinajstić information content (AvgIpc) is 3.01. The molecule has 28 heavy (non-hydrogen) atoms. The predicted molar refractivity (Wildman–Crippen MR) is 98.3 cm³/mol. The lowest BCUT2D eigenvalue weighted by atomic mass is 10.0. The van der Waals surface area contributed by atoms with E-state index in [9.17, 15) is 22.4 Å². The molecule has 0 aliphatic heterocycles. The summed E-state index contributed by atoms with van der Waals surface area (Å²) in [6, 6.07) is 8.27. The molecule has 3 rings (SSSR count). The van der Waals surface area contributed by atoms with Gasteiger partial charge >= 0.3 is 6.18 Å². The summed E-state index contributed by atoms with van der Waals surface area (Å²) in [6.07, 6.45) is -3.75. The van der Waals surface area contributed by atoms with Gasteiger partial charge in [0.1, 0.15) is 5.82 Å². The normalized spacial score (nSPS) is 11.5. The van der Waals surface area contributed by atoms with Gasteiger partial charge in [0.15, 0.2) is 5.69 Å². The highest BCUT2D eigenvalue weighted by molar-refractivity contribution is 6.42. The number of carbonyl (C=O) groups excluding carboxylic acids is 1. The highest BCUT2D eigenvalue weighted by Gasteiger charge is 2.39. The molecule has 1 aromatic heterocycles. The Morgan fingerprint density at radius 1 is 1.14 bits per heavy atom. The van der Waals surface area contributed by atoms with Crippen LogP contribution in [0.2, 0.25) is 10.0 Å². The molecule has 1 heterocycles. The second kappa shape index (κ2) is 7.44. The number of aryl methyl sites for hydroxylation is 1.